The zero-order valence-electron chi connectivity index (χ0n) is 13.4. The van der Waals surface area contributed by atoms with Crippen molar-refractivity contribution in [2.24, 2.45) is 10.9 Å². The van der Waals surface area contributed by atoms with E-state index in [2.05, 4.69) is 16.0 Å². The fourth-order valence-electron chi connectivity index (χ4n) is 3.12. The van der Waals surface area contributed by atoms with Crippen molar-refractivity contribution in [3.05, 3.63) is 30.3 Å². The lowest BCUT2D eigenvalue weighted by atomic mass is 9.91. The minimum Gasteiger partial charge on any atom is -0.353 e. The number of hydrogen-bond acceptors (Lipinski definition) is 4. The van der Waals surface area contributed by atoms with Gasteiger partial charge in [-0.25, -0.2) is 0 Å². The summed E-state index contributed by atoms with van der Waals surface area (Å²) >= 11 is 5.16. The third-order valence-corrected chi connectivity index (χ3v) is 4.80. The molecule has 4 N–H and O–H groups in total. The molecule has 126 valence electrons. The third kappa shape index (κ3) is 3.37. The van der Waals surface area contributed by atoms with E-state index in [0.29, 0.717) is 5.69 Å². The van der Waals surface area contributed by atoms with Crippen LogP contribution in [0.2, 0.25) is 0 Å². The van der Waals surface area contributed by atoms with Gasteiger partial charge in [0.15, 0.2) is 11.0 Å². The molecule has 0 aromatic heterocycles. The highest BCUT2D eigenvalue weighted by Crippen LogP contribution is 2.21. The Bertz CT molecular complexity index is 676. The molecule has 1 aromatic carbocycles. The maximum Gasteiger partial charge on any atom is 0.251 e. The summed E-state index contributed by atoms with van der Waals surface area (Å²) in [5.74, 6) is -1.74. The Morgan fingerprint density at radius 2 is 1.92 bits per heavy atom. The lowest BCUT2D eigenvalue weighted by Crippen LogP contribution is -2.66. The first-order valence-corrected chi connectivity index (χ1v) is 8.59. The summed E-state index contributed by atoms with van der Waals surface area (Å²) in [6.45, 7) is 0. The molecule has 6 nitrogen and oxygen atoms in total. The van der Waals surface area contributed by atoms with Crippen molar-refractivity contribution in [3.8, 4) is 0 Å². The van der Waals surface area contributed by atoms with Gasteiger partial charge in [0.05, 0.1) is 5.69 Å². The molecule has 1 heterocycles. The van der Waals surface area contributed by atoms with E-state index in [9.17, 15) is 9.59 Å². The highest BCUT2D eigenvalue weighted by atomic mass is 32.1. The number of amides is 2. The quantitative estimate of drug-likeness (QED) is 0.479. The van der Waals surface area contributed by atoms with E-state index in [4.69, 9.17) is 12.2 Å². The Labute approximate surface area is 146 Å². The lowest BCUT2D eigenvalue weighted by molar-refractivity contribution is -0.428. The van der Waals surface area contributed by atoms with Crippen LogP contribution in [0.25, 0.3) is 0 Å². The van der Waals surface area contributed by atoms with Gasteiger partial charge in [0.25, 0.3) is 5.91 Å². The fraction of sp³-hybridized carbons (Fsp3) is 0.412. The standard InChI is InChI=1S/C17H20N4O2S/c18-13-8-4-5-9-14(13)19-10-12-15(22)20-17(24)21(16(12)23)11-6-2-1-3-7-11/h1-3,6-7,10,12-14H,4-5,8-9,18H2,(H,20,22,24)/p+1/t12-,13-,14+/m0/s1. The van der Waals surface area contributed by atoms with Gasteiger partial charge in [0, 0.05) is 12.6 Å². The van der Waals surface area contributed by atoms with E-state index in [0.717, 1.165) is 19.3 Å². The van der Waals surface area contributed by atoms with E-state index in [1.165, 1.54) is 17.5 Å². The Hall–Kier alpha value is -2.12. The molecule has 2 fully saturated rings. The number of rotatable bonds is 3. The summed E-state index contributed by atoms with van der Waals surface area (Å²) < 4.78 is 0. The summed E-state index contributed by atoms with van der Waals surface area (Å²) in [7, 11) is 0. The van der Waals surface area contributed by atoms with Gasteiger partial charge >= 0.3 is 0 Å². The van der Waals surface area contributed by atoms with E-state index in [1.807, 2.05) is 18.2 Å². The number of para-hydroxylation sites is 1. The maximum absolute atomic E-state index is 12.8. The molecule has 2 aliphatic rings. The van der Waals surface area contributed by atoms with Crippen molar-refractivity contribution in [1.29, 1.82) is 0 Å². The number of hydrogen-bond donors (Lipinski definition) is 2. The maximum atomic E-state index is 12.8. The summed E-state index contributed by atoms with van der Waals surface area (Å²) in [5, 5.41) is 2.70. The number of anilines is 1. The zero-order chi connectivity index (χ0) is 17.1. The van der Waals surface area contributed by atoms with Gasteiger partial charge in [-0.2, -0.15) is 0 Å². The molecule has 1 saturated heterocycles. The first kappa shape index (κ1) is 16.7. The van der Waals surface area contributed by atoms with Crippen LogP contribution in [0, 0.1) is 5.92 Å². The molecule has 7 heteroatoms. The van der Waals surface area contributed by atoms with Gasteiger partial charge in [-0.05, 0) is 37.2 Å². The summed E-state index contributed by atoms with van der Waals surface area (Å²) in [6, 6.07) is 9.38. The molecular formula is C17H21N4O2S+. The Morgan fingerprint density at radius 1 is 1.21 bits per heavy atom. The van der Waals surface area contributed by atoms with Crippen LogP contribution in [0.4, 0.5) is 5.69 Å². The summed E-state index contributed by atoms with van der Waals surface area (Å²) in [5.41, 5.74) is 4.76. The van der Waals surface area contributed by atoms with Crippen molar-refractivity contribution < 1.29 is 15.3 Å². The number of quaternary nitrogens is 1. The van der Waals surface area contributed by atoms with Crippen molar-refractivity contribution in [3.63, 3.8) is 0 Å². The fourth-order valence-corrected chi connectivity index (χ4v) is 3.42. The normalized spacial score (nSPS) is 28.3. The second kappa shape index (κ2) is 7.19. The first-order chi connectivity index (χ1) is 11.6. The first-order valence-electron chi connectivity index (χ1n) is 8.18. The van der Waals surface area contributed by atoms with Gasteiger partial charge in [0.2, 0.25) is 5.91 Å². The molecule has 24 heavy (non-hydrogen) atoms. The smallest absolute Gasteiger partial charge is 0.251 e. The minimum absolute atomic E-state index is 0.0819. The number of benzene rings is 1. The second-order valence-electron chi connectivity index (χ2n) is 6.19. The molecule has 3 rings (SSSR count). The second-order valence-corrected chi connectivity index (χ2v) is 6.58. The summed E-state index contributed by atoms with van der Waals surface area (Å²) in [4.78, 5) is 30.8. The Kier molecular flexibility index (Phi) is 5.01. The number of aliphatic imine (C=N–C) groups is 1. The van der Waals surface area contributed by atoms with E-state index >= 15 is 0 Å². The van der Waals surface area contributed by atoms with Crippen molar-refractivity contribution in [1.82, 2.24) is 5.32 Å². The van der Waals surface area contributed by atoms with Crippen molar-refractivity contribution in [2.45, 2.75) is 37.8 Å². The topological polar surface area (TPSA) is 89.4 Å². The molecule has 1 aliphatic heterocycles. The van der Waals surface area contributed by atoms with Crippen LogP contribution in [0.3, 0.4) is 0 Å². The van der Waals surface area contributed by atoms with Crippen LogP contribution < -0.4 is 16.0 Å². The van der Waals surface area contributed by atoms with Crippen molar-refractivity contribution >= 4 is 41.0 Å². The largest absolute Gasteiger partial charge is 0.353 e. The lowest BCUT2D eigenvalue weighted by Gasteiger charge is -2.31. The molecule has 0 unspecified atom stereocenters. The predicted molar refractivity (Wildman–Crippen MR) is 95.6 cm³/mol. The average Bonchev–Trinajstić information content (AvgIpc) is 2.57. The van der Waals surface area contributed by atoms with Crippen LogP contribution in [0.15, 0.2) is 35.3 Å². The Morgan fingerprint density at radius 3 is 2.62 bits per heavy atom. The number of carbonyl (C=O) groups excluding carboxylic acids is 2. The molecule has 0 spiro atoms. The van der Waals surface area contributed by atoms with Crippen molar-refractivity contribution in [2.75, 3.05) is 4.90 Å². The average molecular weight is 345 g/mol. The van der Waals surface area contributed by atoms with Gasteiger partial charge < -0.3 is 11.1 Å². The van der Waals surface area contributed by atoms with Gasteiger partial charge in [0.1, 0.15) is 12.1 Å². The van der Waals surface area contributed by atoms with E-state index in [1.54, 1.807) is 12.1 Å². The molecule has 0 bridgehead atoms. The number of nitrogens with zero attached hydrogens (tertiary/aromatic N) is 2. The molecule has 3 atom stereocenters. The minimum atomic E-state index is -0.953. The SMILES string of the molecule is [NH3+][C@H]1CCCC[C@H]1N=C[C@H]1C(=O)NC(=S)N(c2ccccc2)C1=O. The molecule has 1 saturated carbocycles. The van der Waals surface area contributed by atoms with Crippen LogP contribution in [-0.2, 0) is 9.59 Å². The highest BCUT2D eigenvalue weighted by Gasteiger charge is 2.38. The van der Waals surface area contributed by atoms with Crippen LogP contribution >= 0.6 is 12.2 Å². The monoisotopic (exact) mass is 345 g/mol. The summed E-state index contributed by atoms with van der Waals surface area (Å²) in [6.07, 6.45) is 5.74. The highest BCUT2D eigenvalue weighted by molar-refractivity contribution is 7.80. The van der Waals surface area contributed by atoms with Crippen LogP contribution in [0.1, 0.15) is 25.7 Å². The molecule has 2 amide bonds. The molecule has 1 aliphatic carbocycles. The molecule has 0 radical (unpaired) electrons. The van der Waals surface area contributed by atoms with Crippen LogP contribution in [0.5, 0.6) is 0 Å². The molecule has 1 aromatic rings. The van der Waals surface area contributed by atoms with Gasteiger partial charge in [-0.1, -0.05) is 24.6 Å². The number of nitrogens with one attached hydrogen (secondary N) is 1. The van der Waals surface area contributed by atoms with Gasteiger partial charge in [-0.3, -0.25) is 19.5 Å². The third-order valence-electron chi connectivity index (χ3n) is 4.51. The predicted octanol–water partition coefficient (Wildman–Crippen LogP) is 0.674. The van der Waals surface area contributed by atoms with E-state index < -0.39 is 11.8 Å². The van der Waals surface area contributed by atoms with Crippen LogP contribution in [-0.4, -0.2) is 35.2 Å². The van der Waals surface area contributed by atoms with Gasteiger partial charge in [-0.15, -0.1) is 0 Å². The number of thiocarbonyl (C=S) groups is 1. The molecular weight excluding hydrogens is 324 g/mol. The Balaban J connectivity index is 1.80. The zero-order valence-corrected chi connectivity index (χ0v) is 14.2. The number of carbonyl (C=O) groups is 2. The van der Waals surface area contributed by atoms with E-state index in [-0.39, 0.29) is 23.1 Å².